The first-order chi connectivity index (χ1) is 7.15. The van der Waals surface area contributed by atoms with Gasteiger partial charge in [-0.1, -0.05) is 11.6 Å². The Bertz CT molecular complexity index is 517. The van der Waals surface area contributed by atoms with Crippen molar-refractivity contribution in [3.05, 3.63) is 29.1 Å². The molecule has 0 aliphatic carbocycles. The van der Waals surface area contributed by atoms with Gasteiger partial charge in [-0.15, -0.1) is 0 Å². The molecule has 0 spiro atoms. The zero-order chi connectivity index (χ0) is 10.8. The summed E-state index contributed by atoms with van der Waals surface area (Å²) in [7, 11) is 0. The van der Waals surface area contributed by atoms with Gasteiger partial charge in [-0.05, 0) is 25.1 Å². The molecular formula is C10H10ClNO2S. The number of thiol groups is 1. The number of hydrogen-bond donors (Lipinski definition) is 2. The molecule has 0 bridgehead atoms. The lowest BCUT2D eigenvalue weighted by molar-refractivity contribution is 0.554. The predicted molar refractivity (Wildman–Crippen MR) is 65.0 cm³/mol. The van der Waals surface area contributed by atoms with E-state index >= 15 is 0 Å². The largest absolute Gasteiger partial charge is 0.440 e. The number of benzene rings is 1. The van der Waals surface area contributed by atoms with Crippen LogP contribution < -0.4 is 0 Å². The molecule has 1 aromatic carbocycles. The van der Waals surface area contributed by atoms with Gasteiger partial charge in [-0.2, -0.15) is 11.4 Å². The third-order valence-electron chi connectivity index (χ3n) is 1.84. The molecule has 5 heteroatoms. The molecule has 1 aromatic heterocycles. The van der Waals surface area contributed by atoms with Gasteiger partial charge in [0.05, 0.1) is 10.8 Å². The minimum atomic E-state index is 0.357. The minimum absolute atomic E-state index is 0.357. The Morgan fingerprint density at radius 1 is 1.60 bits per heavy atom. The van der Waals surface area contributed by atoms with Crippen LogP contribution in [0.5, 0.6) is 0 Å². The maximum atomic E-state index is 9.05. The molecule has 2 aromatic rings. The van der Waals surface area contributed by atoms with Crippen molar-refractivity contribution >= 4 is 39.1 Å². The fraction of sp³-hybridized carbons (Fsp3) is 0.200. The second-order valence-corrected chi connectivity index (χ2v) is 4.80. The van der Waals surface area contributed by atoms with Gasteiger partial charge in [0.2, 0.25) is 5.89 Å². The number of fused-ring (bicyclic) bond motifs is 1. The molecule has 1 heterocycles. The van der Waals surface area contributed by atoms with E-state index in [1.807, 2.05) is 0 Å². The van der Waals surface area contributed by atoms with Crippen molar-refractivity contribution in [3.63, 3.8) is 0 Å². The summed E-state index contributed by atoms with van der Waals surface area (Å²) in [6.45, 7) is 1.65. The van der Waals surface area contributed by atoms with Crippen LogP contribution in [0, 0.1) is 0 Å². The first-order valence-electron chi connectivity index (χ1n) is 4.40. The van der Waals surface area contributed by atoms with Crippen LogP contribution in [0.4, 0.5) is 0 Å². The van der Waals surface area contributed by atoms with Crippen LogP contribution in [-0.2, 0) is 5.75 Å². The Balaban J connectivity index is 2.35. The predicted octanol–water partition coefficient (Wildman–Crippen LogP) is 3.15. The van der Waals surface area contributed by atoms with Gasteiger partial charge in [-0.25, -0.2) is 4.98 Å². The molecule has 0 saturated carbocycles. The van der Waals surface area contributed by atoms with Gasteiger partial charge in [0, 0.05) is 5.02 Å². The zero-order valence-corrected chi connectivity index (χ0v) is 9.72. The number of halogens is 1. The van der Waals surface area contributed by atoms with Crippen LogP contribution >= 0.6 is 23.0 Å². The Morgan fingerprint density at radius 3 is 3.13 bits per heavy atom. The number of nitrogens with zero attached hydrogens (tertiary/aromatic N) is 1. The summed E-state index contributed by atoms with van der Waals surface area (Å²) < 4.78 is 5.47. The quantitative estimate of drug-likeness (QED) is 0.629. The van der Waals surface area contributed by atoms with Crippen molar-refractivity contribution in [3.8, 4) is 0 Å². The summed E-state index contributed by atoms with van der Waals surface area (Å²) in [5.41, 5.74) is 1.48. The number of aliphatic hydroxyl groups is 1. The molecule has 0 aliphatic heterocycles. The van der Waals surface area contributed by atoms with Crippen molar-refractivity contribution in [2.45, 2.75) is 12.7 Å². The first-order valence-corrected chi connectivity index (χ1v) is 5.86. The highest BCUT2D eigenvalue weighted by molar-refractivity contribution is 7.97. The Labute approximate surface area is 95.6 Å². The highest BCUT2D eigenvalue weighted by atomic mass is 35.5. The average molecular weight is 244 g/mol. The standard InChI is InChI=1S/C10H10ClNO2S/c1-6(13)15-5-10-12-8-4-7(11)2-3-9(8)14-10/h2-4,13,15H,5H2,1H3. The monoisotopic (exact) mass is 243 g/mol. The lowest BCUT2D eigenvalue weighted by Gasteiger charge is -1.88. The molecule has 0 amide bonds. The maximum absolute atomic E-state index is 9.05. The highest BCUT2D eigenvalue weighted by Gasteiger charge is 2.04. The second-order valence-electron chi connectivity index (χ2n) is 3.08. The van der Waals surface area contributed by atoms with Gasteiger partial charge in [-0.3, -0.25) is 0 Å². The average Bonchev–Trinajstić information content (AvgIpc) is 2.56. The van der Waals surface area contributed by atoms with E-state index in [2.05, 4.69) is 4.98 Å². The van der Waals surface area contributed by atoms with Crippen molar-refractivity contribution in [1.29, 1.82) is 0 Å². The van der Waals surface area contributed by atoms with Crippen LogP contribution in [0.25, 0.3) is 11.1 Å². The van der Waals surface area contributed by atoms with Crippen LogP contribution in [-0.4, -0.2) is 15.1 Å². The first kappa shape index (κ1) is 10.7. The van der Waals surface area contributed by atoms with Crippen LogP contribution in [0.3, 0.4) is 0 Å². The molecule has 0 radical (unpaired) electrons. The van der Waals surface area contributed by atoms with E-state index in [4.69, 9.17) is 21.1 Å². The number of rotatable bonds is 2. The van der Waals surface area contributed by atoms with E-state index < -0.39 is 0 Å². The number of aromatic nitrogens is 1. The fourth-order valence-electron chi connectivity index (χ4n) is 1.20. The lowest BCUT2D eigenvalue weighted by Crippen LogP contribution is -1.83. The topological polar surface area (TPSA) is 46.3 Å². The van der Waals surface area contributed by atoms with Gasteiger partial charge in [0.1, 0.15) is 5.52 Å². The molecule has 0 fully saturated rings. The second kappa shape index (κ2) is 4.35. The van der Waals surface area contributed by atoms with E-state index in [0.29, 0.717) is 21.7 Å². The van der Waals surface area contributed by atoms with E-state index in [1.54, 1.807) is 25.1 Å². The molecule has 0 saturated heterocycles. The molecule has 1 N–H and O–H groups in total. The highest BCUT2D eigenvalue weighted by Crippen LogP contribution is 2.21. The SMILES string of the molecule is CC(O)=[SH]Cc1nc2cc(Cl)ccc2o1. The molecule has 0 aliphatic rings. The molecule has 2 rings (SSSR count). The Morgan fingerprint density at radius 2 is 2.40 bits per heavy atom. The van der Waals surface area contributed by atoms with Crippen LogP contribution in [0.15, 0.2) is 22.6 Å². The molecule has 80 valence electrons. The van der Waals surface area contributed by atoms with Gasteiger partial charge in [0.25, 0.3) is 0 Å². The van der Waals surface area contributed by atoms with E-state index in [0.717, 1.165) is 22.5 Å². The van der Waals surface area contributed by atoms with Gasteiger partial charge < -0.3 is 9.52 Å². The summed E-state index contributed by atoms with van der Waals surface area (Å²) >= 11 is 6.64. The van der Waals surface area contributed by atoms with Crippen LogP contribution in [0.1, 0.15) is 12.8 Å². The Kier molecular flexibility index (Phi) is 3.09. The Hall–Kier alpha value is -0.840. The molecule has 0 atom stereocenters. The summed E-state index contributed by atoms with van der Waals surface area (Å²) in [5, 5.41) is 10.0. The van der Waals surface area contributed by atoms with E-state index in [1.165, 1.54) is 0 Å². The van der Waals surface area contributed by atoms with E-state index in [-0.39, 0.29) is 0 Å². The molecular weight excluding hydrogens is 234 g/mol. The summed E-state index contributed by atoms with van der Waals surface area (Å²) in [5.74, 6) is 1.19. The summed E-state index contributed by atoms with van der Waals surface area (Å²) in [6, 6.07) is 5.32. The van der Waals surface area contributed by atoms with Gasteiger partial charge >= 0.3 is 0 Å². The van der Waals surface area contributed by atoms with E-state index in [9.17, 15) is 0 Å². The fourth-order valence-corrected chi connectivity index (χ4v) is 1.86. The molecule has 15 heavy (non-hydrogen) atoms. The number of oxazole rings is 1. The molecule has 0 unspecified atom stereocenters. The zero-order valence-electron chi connectivity index (χ0n) is 8.07. The summed E-state index contributed by atoms with van der Waals surface area (Å²) in [4.78, 5) is 4.26. The lowest BCUT2D eigenvalue weighted by atomic mass is 10.3. The van der Waals surface area contributed by atoms with Crippen molar-refractivity contribution in [2.75, 3.05) is 0 Å². The smallest absolute Gasteiger partial charge is 0.204 e. The van der Waals surface area contributed by atoms with Crippen molar-refractivity contribution in [1.82, 2.24) is 4.98 Å². The van der Waals surface area contributed by atoms with Crippen molar-refractivity contribution < 1.29 is 9.52 Å². The maximum Gasteiger partial charge on any atom is 0.204 e. The van der Waals surface area contributed by atoms with Crippen LogP contribution in [0.2, 0.25) is 5.02 Å². The van der Waals surface area contributed by atoms with Gasteiger partial charge in [0.15, 0.2) is 5.58 Å². The van der Waals surface area contributed by atoms with Crippen molar-refractivity contribution in [2.24, 2.45) is 0 Å². The summed E-state index contributed by atoms with van der Waals surface area (Å²) in [6.07, 6.45) is 0. The normalized spacial score (nSPS) is 12.9. The molecule has 3 nitrogen and oxygen atoms in total. The third kappa shape index (κ3) is 2.59. The minimum Gasteiger partial charge on any atom is -0.440 e. The number of hydrogen-bond acceptors (Lipinski definition) is 2. The number of aliphatic hydroxyl groups excluding tert-OH is 1. The third-order valence-corrected chi connectivity index (χ3v) is 2.96.